The zero-order valence-corrected chi connectivity index (χ0v) is 12.6. The zero-order chi connectivity index (χ0) is 15.5. The summed E-state index contributed by atoms with van der Waals surface area (Å²) in [5, 5.41) is 11.6. The molecule has 21 heavy (non-hydrogen) atoms. The van der Waals surface area contributed by atoms with Gasteiger partial charge in [-0.25, -0.2) is 0 Å². The van der Waals surface area contributed by atoms with E-state index in [9.17, 15) is 9.59 Å². The second-order valence-corrected chi connectivity index (χ2v) is 6.84. The molecule has 2 aliphatic carbocycles. The van der Waals surface area contributed by atoms with Crippen LogP contribution in [0.3, 0.4) is 0 Å². The molecule has 0 saturated heterocycles. The van der Waals surface area contributed by atoms with Gasteiger partial charge in [-0.05, 0) is 50.4 Å². The maximum atomic E-state index is 10.8. The number of carbonyl (C=O) groups excluding carboxylic acids is 1. The molecule has 0 aromatic heterocycles. The van der Waals surface area contributed by atoms with Gasteiger partial charge in [0.1, 0.15) is 6.29 Å². The van der Waals surface area contributed by atoms with Gasteiger partial charge in [0.15, 0.2) is 0 Å². The third-order valence-corrected chi connectivity index (χ3v) is 4.34. The minimum Gasteiger partial charge on any atom is -0.481 e. The molecule has 0 aliphatic heterocycles. The first-order chi connectivity index (χ1) is 9.91. The number of nitrogens with one attached hydrogen (secondary N) is 1. The van der Waals surface area contributed by atoms with E-state index in [1.54, 1.807) is 0 Å². The molecular formula is C16H26N2O3. The molecule has 1 unspecified atom stereocenters. The molecular weight excluding hydrogens is 268 g/mol. The highest BCUT2D eigenvalue weighted by atomic mass is 16.4. The minimum atomic E-state index is -0.989. The fourth-order valence-electron chi connectivity index (χ4n) is 2.76. The number of allylic oxidation sites excluding steroid dienone is 1. The average Bonchev–Trinajstić information content (AvgIpc) is 3.25. The van der Waals surface area contributed by atoms with Crippen molar-refractivity contribution in [3.63, 3.8) is 0 Å². The van der Waals surface area contributed by atoms with Gasteiger partial charge in [0, 0.05) is 12.1 Å². The Morgan fingerprint density at radius 2 is 1.95 bits per heavy atom. The molecule has 2 saturated carbocycles. The van der Waals surface area contributed by atoms with Crippen molar-refractivity contribution in [3.8, 4) is 0 Å². The van der Waals surface area contributed by atoms with Crippen molar-refractivity contribution >= 4 is 12.3 Å². The predicted octanol–water partition coefficient (Wildman–Crippen LogP) is 1.33. The van der Waals surface area contributed by atoms with E-state index in [4.69, 9.17) is 10.8 Å². The number of hydrogen-bond acceptors (Lipinski definition) is 4. The van der Waals surface area contributed by atoms with E-state index in [2.05, 4.69) is 11.4 Å². The minimum absolute atomic E-state index is 0.212. The van der Waals surface area contributed by atoms with Crippen LogP contribution in [0, 0.1) is 17.8 Å². The summed E-state index contributed by atoms with van der Waals surface area (Å²) in [4.78, 5) is 21.5. The van der Waals surface area contributed by atoms with Crippen LogP contribution in [0.2, 0.25) is 0 Å². The number of nitrogens with two attached hydrogens (primary N) is 1. The highest BCUT2D eigenvalue weighted by molar-refractivity contribution is 5.73. The van der Waals surface area contributed by atoms with E-state index in [1.807, 2.05) is 13.0 Å². The Bertz CT molecular complexity index is 400. The number of aldehydes is 1. The molecule has 4 N–H and O–H groups in total. The number of carbonyl (C=O) groups is 2. The van der Waals surface area contributed by atoms with Gasteiger partial charge in [0.25, 0.3) is 0 Å². The number of rotatable bonds is 10. The van der Waals surface area contributed by atoms with Crippen molar-refractivity contribution in [1.29, 1.82) is 0 Å². The zero-order valence-electron chi connectivity index (χ0n) is 12.6. The number of hydrogen-bond donors (Lipinski definition) is 3. The lowest BCUT2D eigenvalue weighted by molar-refractivity contribution is -0.138. The first-order valence-corrected chi connectivity index (χ1v) is 7.80. The molecule has 0 radical (unpaired) electrons. The largest absolute Gasteiger partial charge is 0.481 e. The van der Waals surface area contributed by atoms with Gasteiger partial charge in [0.05, 0.1) is 12.5 Å². The molecule has 5 heteroatoms. The summed E-state index contributed by atoms with van der Waals surface area (Å²) in [6.07, 6.45) is 10.0. The Hall–Kier alpha value is -1.20. The maximum Gasteiger partial charge on any atom is 0.305 e. The van der Waals surface area contributed by atoms with E-state index >= 15 is 0 Å². The molecule has 118 valence electrons. The molecule has 2 atom stereocenters. The van der Waals surface area contributed by atoms with E-state index in [1.165, 1.54) is 25.7 Å². The van der Waals surface area contributed by atoms with Crippen LogP contribution in [-0.4, -0.2) is 35.5 Å². The Balaban J connectivity index is 1.82. The number of carboxylic acid groups (broad SMARTS) is 1. The first-order valence-electron chi connectivity index (χ1n) is 7.80. The van der Waals surface area contributed by atoms with Crippen LogP contribution in [0.5, 0.6) is 0 Å². The van der Waals surface area contributed by atoms with Gasteiger partial charge in [-0.15, -0.1) is 0 Å². The molecule has 0 spiro atoms. The van der Waals surface area contributed by atoms with E-state index in [0.29, 0.717) is 18.7 Å². The van der Waals surface area contributed by atoms with Gasteiger partial charge in [-0.1, -0.05) is 12.2 Å². The molecule has 0 bridgehead atoms. The van der Waals surface area contributed by atoms with Crippen molar-refractivity contribution in [2.24, 2.45) is 23.5 Å². The summed E-state index contributed by atoms with van der Waals surface area (Å²) < 4.78 is 0. The molecule has 0 heterocycles. The molecule has 0 aromatic carbocycles. The molecule has 0 aromatic rings. The molecule has 2 rings (SSSR count). The third-order valence-electron chi connectivity index (χ3n) is 4.34. The Morgan fingerprint density at radius 1 is 1.38 bits per heavy atom. The fourth-order valence-corrected chi connectivity index (χ4v) is 2.76. The Kier molecular flexibility index (Phi) is 5.17. The van der Waals surface area contributed by atoms with Crippen molar-refractivity contribution in [1.82, 2.24) is 5.32 Å². The average molecular weight is 294 g/mol. The van der Waals surface area contributed by atoms with Crippen LogP contribution in [-0.2, 0) is 9.59 Å². The summed E-state index contributed by atoms with van der Waals surface area (Å²) in [5.41, 5.74) is 5.66. The number of carboxylic acids is 1. The highest BCUT2D eigenvalue weighted by Crippen LogP contribution is 2.49. The standard InChI is InChI=1S/C16H26N2O3/c1-16(17,10-18-13(9-19)8-15(20)21)7-6-14(11-2-3-11)12-4-5-12/h6-7,9,11-14,18H,2-5,8,10,17H2,1H3,(H,20,21)/t13-,16?/m0/s1. The van der Waals surface area contributed by atoms with E-state index in [0.717, 1.165) is 11.8 Å². The van der Waals surface area contributed by atoms with Gasteiger partial charge >= 0.3 is 5.97 Å². The van der Waals surface area contributed by atoms with Gasteiger partial charge < -0.3 is 21.0 Å². The van der Waals surface area contributed by atoms with Crippen molar-refractivity contribution in [2.45, 2.75) is 50.6 Å². The van der Waals surface area contributed by atoms with Gasteiger partial charge in [-0.3, -0.25) is 4.79 Å². The SMILES string of the molecule is CC(N)(C=CC(C1CC1)C1CC1)CN[C@H](C=O)CC(=O)O. The van der Waals surface area contributed by atoms with E-state index in [-0.39, 0.29) is 6.42 Å². The van der Waals surface area contributed by atoms with Crippen molar-refractivity contribution in [2.75, 3.05) is 6.54 Å². The molecule has 5 nitrogen and oxygen atoms in total. The normalized spacial score (nSPS) is 23.2. The fraction of sp³-hybridized carbons (Fsp3) is 0.750. The second kappa shape index (κ2) is 6.71. The Morgan fingerprint density at radius 3 is 2.38 bits per heavy atom. The predicted molar refractivity (Wildman–Crippen MR) is 80.8 cm³/mol. The highest BCUT2D eigenvalue weighted by Gasteiger charge is 2.40. The number of aliphatic carboxylic acids is 1. The summed E-state index contributed by atoms with van der Waals surface area (Å²) in [7, 11) is 0. The van der Waals surface area contributed by atoms with Crippen LogP contribution in [0.1, 0.15) is 39.0 Å². The molecule has 2 aliphatic rings. The monoisotopic (exact) mass is 294 g/mol. The quantitative estimate of drug-likeness (QED) is 0.417. The van der Waals surface area contributed by atoms with Crippen molar-refractivity contribution < 1.29 is 14.7 Å². The summed E-state index contributed by atoms with van der Waals surface area (Å²) in [6.45, 7) is 2.29. The van der Waals surface area contributed by atoms with E-state index < -0.39 is 17.6 Å². The summed E-state index contributed by atoms with van der Waals surface area (Å²) in [6, 6.07) is -0.679. The smallest absolute Gasteiger partial charge is 0.305 e. The lowest BCUT2D eigenvalue weighted by Crippen LogP contribution is -2.48. The Labute approximate surface area is 126 Å². The second-order valence-electron chi connectivity index (χ2n) is 6.84. The lowest BCUT2D eigenvalue weighted by atomic mass is 9.93. The lowest BCUT2D eigenvalue weighted by Gasteiger charge is -2.24. The topological polar surface area (TPSA) is 92.4 Å². The third kappa shape index (κ3) is 5.59. The van der Waals surface area contributed by atoms with Crippen LogP contribution in [0.25, 0.3) is 0 Å². The summed E-state index contributed by atoms with van der Waals surface area (Å²) >= 11 is 0. The van der Waals surface area contributed by atoms with Crippen LogP contribution >= 0.6 is 0 Å². The van der Waals surface area contributed by atoms with Crippen molar-refractivity contribution in [3.05, 3.63) is 12.2 Å². The van der Waals surface area contributed by atoms with Gasteiger partial charge in [0.2, 0.25) is 0 Å². The van der Waals surface area contributed by atoms with Gasteiger partial charge in [-0.2, -0.15) is 0 Å². The maximum absolute atomic E-state index is 10.8. The molecule has 0 amide bonds. The van der Waals surface area contributed by atoms with Crippen LogP contribution in [0.15, 0.2) is 12.2 Å². The molecule has 2 fully saturated rings. The summed E-state index contributed by atoms with van der Waals surface area (Å²) in [5.74, 6) is 1.35. The first kappa shape index (κ1) is 16.2. The van der Waals surface area contributed by atoms with Crippen LogP contribution < -0.4 is 11.1 Å². The van der Waals surface area contributed by atoms with Crippen LogP contribution in [0.4, 0.5) is 0 Å².